The number of carbonyl (C=O) groups is 1. The van der Waals surface area contributed by atoms with Crippen molar-refractivity contribution in [1.82, 2.24) is 9.13 Å². The molecular formula is C15H17F3N2O5S. The predicted molar refractivity (Wildman–Crippen MR) is 88.3 cm³/mol. The molecule has 0 aliphatic heterocycles. The van der Waals surface area contributed by atoms with Gasteiger partial charge in [0.1, 0.15) is 11.4 Å². The second kappa shape index (κ2) is 7.62. The Balaban J connectivity index is 2.72. The highest BCUT2D eigenvalue weighted by atomic mass is 32.1. The lowest BCUT2D eigenvalue weighted by Gasteiger charge is -2.13. The van der Waals surface area contributed by atoms with Gasteiger partial charge in [0, 0.05) is 11.4 Å². The van der Waals surface area contributed by atoms with Crippen molar-refractivity contribution < 1.29 is 27.8 Å². The summed E-state index contributed by atoms with van der Waals surface area (Å²) >= 11 is 0.883. The summed E-state index contributed by atoms with van der Waals surface area (Å²) < 4.78 is 44.0. The second-order valence-electron chi connectivity index (χ2n) is 5.48. The van der Waals surface area contributed by atoms with E-state index in [1.807, 2.05) is 0 Å². The van der Waals surface area contributed by atoms with Crippen molar-refractivity contribution in [1.29, 1.82) is 0 Å². The van der Waals surface area contributed by atoms with Gasteiger partial charge < -0.3 is 9.84 Å². The Kier molecular flexibility index (Phi) is 5.91. The molecular weight excluding hydrogens is 377 g/mol. The van der Waals surface area contributed by atoms with Crippen LogP contribution in [0.1, 0.15) is 23.8 Å². The molecule has 0 aliphatic carbocycles. The van der Waals surface area contributed by atoms with E-state index < -0.39 is 49.5 Å². The summed E-state index contributed by atoms with van der Waals surface area (Å²) in [6.07, 6.45) is -5.77. The summed E-state index contributed by atoms with van der Waals surface area (Å²) in [4.78, 5) is 37.3. The molecule has 2 rings (SSSR count). The molecule has 0 spiro atoms. The molecule has 0 saturated carbocycles. The van der Waals surface area contributed by atoms with Crippen LogP contribution in [0.3, 0.4) is 0 Å². The van der Waals surface area contributed by atoms with Crippen LogP contribution in [0.4, 0.5) is 13.2 Å². The summed E-state index contributed by atoms with van der Waals surface area (Å²) in [6, 6.07) is 0. The molecule has 11 heteroatoms. The van der Waals surface area contributed by atoms with Gasteiger partial charge >= 0.3 is 17.8 Å². The van der Waals surface area contributed by atoms with Gasteiger partial charge in [-0.15, -0.1) is 11.3 Å². The zero-order chi connectivity index (χ0) is 19.6. The van der Waals surface area contributed by atoms with Crippen molar-refractivity contribution in [2.75, 3.05) is 6.61 Å². The highest BCUT2D eigenvalue weighted by molar-refractivity contribution is 7.18. The van der Waals surface area contributed by atoms with E-state index in [4.69, 9.17) is 4.74 Å². The summed E-state index contributed by atoms with van der Waals surface area (Å²) in [5.41, 5.74) is -1.45. The van der Waals surface area contributed by atoms with Gasteiger partial charge in [-0.25, -0.2) is 9.36 Å². The number of esters is 1. The number of ether oxygens (including phenoxy) is 1. The van der Waals surface area contributed by atoms with Gasteiger partial charge in [-0.3, -0.25) is 14.2 Å². The molecule has 2 heterocycles. The highest BCUT2D eigenvalue weighted by Gasteiger charge is 2.29. The van der Waals surface area contributed by atoms with Gasteiger partial charge in [-0.2, -0.15) is 13.2 Å². The number of carbonyl (C=O) groups excluding carboxylic acids is 1. The SMILES string of the molecule is CCOC(=O)Cn1c(=O)c2c(C)c(CO)sc2n(CCC(F)(F)F)c1=O. The van der Waals surface area contributed by atoms with Gasteiger partial charge in [0.2, 0.25) is 0 Å². The quantitative estimate of drug-likeness (QED) is 0.751. The van der Waals surface area contributed by atoms with E-state index in [1.165, 1.54) is 6.92 Å². The van der Waals surface area contributed by atoms with Crippen molar-refractivity contribution in [2.45, 2.75) is 46.1 Å². The third-order valence-electron chi connectivity index (χ3n) is 3.75. The fourth-order valence-corrected chi connectivity index (χ4v) is 3.68. The third kappa shape index (κ3) is 3.98. The molecule has 1 N–H and O–H groups in total. The maximum atomic E-state index is 12.6. The lowest BCUT2D eigenvalue weighted by molar-refractivity contribution is -0.144. The fraction of sp³-hybridized carbons (Fsp3) is 0.533. The zero-order valence-corrected chi connectivity index (χ0v) is 14.9. The van der Waals surface area contributed by atoms with Crippen LogP contribution in [0.2, 0.25) is 0 Å². The van der Waals surface area contributed by atoms with Crippen molar-refractivity contribution in [2.24, 2.45) is 0 Å². The first-order valence-electron chi connectivity index (χ1n) is 7.69. The Morgan fingerprint density at radius 2 is 1.92 bits per heavy atom. The van der Waals surface area contributed by atoms with E-state index in [0.717, 1.165) is 15.9 Å². The first-order chi connectivity index (χ1) is 12.1. The molecule has 0 aromatic carbocycles. The minimum absolute atomic E-state index is 0.0186. The van der Waals surface area contributed by atoms with Crippen LogP contribution in [0, 0.1) is 6.92 Å². The lowest BCUT2D eigenvalue weighted by atomic mass is 10.2. The number of aromatic nitrogens is 2. The van der Waals surface area contributed by atoms with Gasteiger partial charge in [0.25, 0.3) is 5.56 Å². The Hall–Kier alpha value is -2.14. The van der Waals surface area contributed by atoms with Gasteiger partial charge in [0.05, 0.1) is 25.0 Å². The molecule has 0 aliphatic rings. The lowest BCUT2D eigenvalue weighted by Crippen LogP contribution is -2.42. The molecule has 144 valence electrons. The average molecular weight is 394 g/mol. The van der Waals surface area contributed by atoms with Crippen molar-refractivity contribution in [3.8, 4) is 0 Å². The van der Waals surface area contributed by atoms with Crippen LogP contribution < -0.4 is 11.2 Å². The van der Waals surface area contributed by atoms with Crippen molar-refractivity contribution in [3.05, 3.63) is 31.3 Å². The molecule has 2 aromatic rings. The topological polar surface area (TPSA) is 90.5 Å². The minimum atomic E-state index is -4.50. The van der Waals surface area contributed by atoms with E-state index in [1.54, 1.807) is 6.92 Å². The number of nitrogens with zero attached hydrogens (tertiary/aromatic N) is 2. The number of rotatable bonds is 6. The van der Waals surface area contributed by atoms with Gasteiger partial charge in [-0.1, -0.05) is 0 Å². The molecule has 0 amide bonds. The minimum Gasteiger partial charge on any atom is -0.465 e. The van der Waals surface area contributed by atoms with Gasteiger partial charge in [-0.05, 0) is 19.4 Å². The van der Waals surface area contributed by atoms with Crippen LogP contribution in [0.15, 0.2) is 9.59 Å². The molecule has 0 radical (unpaired) electrons. The number of alkyl halides is 3. The van der Waals surface area contributed by atoms with Crippen LogP contribution in [-0.4, -0.2) is 33.0 Å². The molecule has 2 aromatic heterocycles. The molecule has 26 heavy (non-hydrogen) atoms. The monoisotopic (exact) mass is 394 g/mol. The number of hydrogen-bond acceptors (Lipinski definition) is 6. The number of halogens is 3. The summed E-state index contributed by atoms with van der Waals surface area (Å²) in [5.74, 6) is -0.844. The number of fused-ring (bicyclic) bond motifs is 1. The van der Waals surface area contributed by atoms with Crippen LogP contribution in [0.25, 0.3) is 10.2 Å². The summed E-state index contributed by atoms with van der Waals surface area (Å²) in [7, 11) is 0. The van der Waals surface area contributed by atoms with E-state index in [2.05, 4.69) is 0 Å². The fourth-order valence-electron chi connectivity index (χ4n) is 2.50. The Morgan fingerprint density at radius 3 is 2.46 bits per heavy atom. The highest BCUT2D eigenvalue weighted by Crippen LogP contribution is 2.29. The summed E-state index contributed by atoms with van der Waals surface area (Å²) in [5, 5.41) is 9.39. The first-order valence-corrected chi connectivity index (χ1v) is 8.51. The third-order valence-corrected chi connectivity index (χ3v) is 5.05. The van der Waals surface area contributed by atoms with Gasteiger partial charge in [0.15, 0.2) is 0 Å². The maximum absolute atomic E-state index is 12.6. The van der Waals surface area contributed by atoms with E-state index >= 15 is 0 Å². The van der Waals surface area contributed by atoms with E-state index in [9.17, 15) is 32.7 Å². The average Bonchev–Trinajstić information content (AvgIpc) is 2.87. The maximum Gasteiger partial charge on any atom is 0.390 e. The number of hydrogen-bond donors (Lipinski definition) is 1. The standard InChI is InChI=1S/C15H17F3N2O5S/c1-3-25-10(22)6-20-12(23)11-8(2)9(7-21)26-13(11)19(14(20)24)5-4-15(16,17)18/h21H,3-7H2,1-2H3. The van der Waals surface area contributed by atoms with E-state index in [0.29, 0.717) is 15.0 Å². The largest absolute Gasteiger partial charge is 0.465 e. The molecule has 0 unspecified atom stereocenters. The molecule has 0 saturated heterocycles. The molecule has 0 fully saturated rings. The first kappa shape index (κ1) is 20.2. The van der Waals surface area contributed by atoms with Crippen LogP contribution >= 0.6 is 11.3 Å². The van der Waals surface area contributed by atoms with E-state index in [-0.39, 0.29) is 16.8 Å². The predicted octanol–water partition coefficient (Wildman–Crippen LogP) is 1.54. The number of aliphatic hydroxyl groups is 1. The van der Waals surface area contributed by atoms with Crippen LogP contribution in [-0.2, 0) is 29.2 Å². The molecule has 7 nitrogen and oxygen atoms in total. The number of thiophene rings is 1. The van der Waals surface area contributed by atoms with Crippen molar-refractivity contribution in [3.63, 3.8) is 0 Å². The van der Waals surface area contributed by atoms with Crippen molar-refractivity contribution >= 4 is 27.5 Å². The Labute approximate surface area is 149 Å². The molecule has 0 bridgehead atoms. The number of aryl methyl sites for hydroxylation is 2. The Bertz CT molecular complexity index is 942. The number of aliphatic hydroxyl groups excluding tert-OH is 1. The smallest absolute Gasteiger partial charge is 0.390 e. The summed E-state index contributed by atoms with van der Waals surface area (Å²) in [6.45, 7) is 1.28. The Morgan fingerprint density at radius 1 is 1.27 bits per heavy atom. The second-order valence-corrected chi connectivity index (χ2v) is 6.57. The normalized spacial score (nSPS) is 11.9. The molecule has 0 atom stereocenters. The zero-order valence-electron chi connectivity index (χ0n) is 14.1. The van der Waals surface area contributed by atoms with Crippen LogP contribution in [0.5, 0.6) is 0 Å².